The van der Waals surface area contributed by atoms with E-state index in [2.05, 4.69) is 33.0 Å². The highest BCUT2D eigenvalue weighted by Crippen LogP contribution is 2.37. The van der Waals surface area contributed by atoms with Crippen molar-refractivity contribution >= 4 is 56.8 Å². The minimum atomic E-state index is -0.527. The summed E-state index contributed by atoms with van der Waals surface area (Å²) >= 11 is 1.37. The summed E-state index contributed by atoms with van der Waals surface area (Å²) in [6.45, 7) is 6.62. The summed E-state index contributed by atoms with van der Waals surface area (Å²) < 4.78 is 0.776. The minimum Gasteiger partial charge on any atom is -0.341 e. The molecule has 13 nitrogen and oxygen atoms in total. The number of carbonyl (C=O) groups is 3. The second kappa shape index (κ2) is 13.6. The SMILES string of the molecule is CCN1CN(C)CN(c2nc3cc(-c4cnc(N5CCC([C]=O)(CC)CC5)nc4)cc(C#CCON4C(=O)c5ccccc5C4=O)c3s2)C1=O. The van der Waals surface area contributed by atoms with Crippen molar-refractivity contribution in [2.75, 3.05) is 56.4 Å². The van der Waals surface area contributed by atoms with Crippen LogP contribution in [0.3, 0.4) is 0 Å². The van der Waals surface area contributed by atoms with Crippen molar-refractivity contribution in [2.45, 2.75) is 33.1 Å². The van der Waals surface area contributed by atoms with Crippen molar-refractivity contribution in [3.8, 4) is 23.0 Å². The van der Waals surface area contributed by atoms with E-state index in [1.54, 1.807) is 46.5 Å². The van der Waals surface area contributed by atoms with Gasteiger partial charge in [0.15, 0.2) is 5.13 Å². The number of hydrogen-bond donors (Lipinski definition) is 0. The third-order valence-electron chi connectivity index (χ3n) is 9.50. The zero-order valence-electron chi connectivity index (χ0n) is 28.0. The molecule has 2 saturated heterocycles. The molecule has 0 N–H and O–H groups in total. The summed E-state index contributed by atoms with van der Waals surface area (Å²) in [5.74, 6) is 5.65. The number of anilines is 2. The molecule has 0 aliphatic carbocycles. The molecule has 0 atom stereocenters. The number of hydroxylamine groups is 2. The van der Waals surface area contributed by atoms with Crippen molar-refractivity contribution in [1.82, 2.24) is 29.8 Å². The number of nitrogens with zero attached hydrogens (tertiary/aromatic N) is 8. The number of carbonyl (C=O) groups excluding carboxylic acids is 4. The molecule has 1 radical (unpaired) electrons. The van der Waals surface area contributed by atoms with E-state index in [4.69, 9.17) is 9.82 Å². The van der Waals surface area contributed by atoms with Crippen LogP contribution >= 0.6 is 11.3 Å². The molecule has 0 spiro atoms. The van der Waals surface area contributed by atoms with Crippen LogP contribution in [0.25, 0.3) is 21.3 Å². The number of piperidine rings is 1. The van der Waals surface area contributed by atoms with Crippen LogP contribution in [0.15, 0.2) is 48.8 Å². The third kappa shape index (κ3) is 6.08. The van der Waals surface area contributed by atoms with Crippen molar-refractivity contribution in [3.05, 3.63) is 65.5 Å². The molecule has 2 fully saturated rings. The van der Waals surface area contributed by atoms with Crippen LogP contribution in [0, 0.1) is 17.3 Å². The summed E-state index contributed by atoms with van der Waals surface area (Å²) in [6.07, 6.45) is 7.97. The highest BCUT2D eigenvalue weighted by atomic mass is 32.1. The van der Waals surface area contributed by atoms with Crippen LogP contribution in [0.1, 0.15) is 59.4 Å². The fourth-order valence-electron chi connectivity index (χ4n) is 6.45. The lowest BCUT2D eigenvalue weighted by Crippen LogP contribution is -2.56. The summed E-state index contributed by atoms with van der Waals surface area (Å²) in [6, 6.07) is 10.3. The predicted molar refractivity (Wildman–Crippen MR) is 188 cm³/mol. The summed E-state index contributed by atoms with van der Waals surface area (Å²) in [5.41, 5.74) is 3.01. The van der Waals surface area contributed by atoms with Gasteiger partial charge < -0.3 is 9.80 Å². The first kappa shape index (κ1) is 33.3. The highest BCUT2D eigenvalue weighted by Gasteiger charge is 2.37. The average molecular weight is 692 g/mol. The van der Waals surface area contributed by atoms with Gasteiger partial charge in [-0.25, -0.2) is 24.6 Å². The van der Waals surface area contributed by atoms with Gasteiger partial charge in [-0.2, -0.15) is 0 Å². The van der Waals surface area contributed by atoms with E-state index in [1.165, 1.54) is 11.3 Å². The smallest absolute Gasteiger partial charge is 0.328 e. The Morgan fingerprint density at radius 1 is 0.960 bits per heavy atom. The molecule has 5 heterocycles. The number of benzene rings is 2. The molecule has 4 aromatic rings. The van der Waals surface area contributed by atoms with Crippen LogP contribution in [-0.2, 0) is 9.63 Å². The largest absolute Gasteiger partial charge is 0.341 e. The lowest BCUT2D eigenvalue weighted by Gasteiger charge is -2.38. The van der Waals surface area contributed by atoms with Gasteiger partial charge >= 0.3 is 6.03 Å². The molecule has 7 rings (SSSR count). The molecular weight excluding hydrogens is 657 g/mol. The number of hydrogen-bond acceptors (Lipinski definition) is 11. The quantitative estimate of drug-likeness (QED) is 0.192. The normalized spacial score (nSPS) is 17.7. The molecule has 3 aliphatic rings. The number of urea groups is 1. The van der Waals surface area contributed by atoms with Gasteiger partial charge in [0.2, 0.25) is 12.2 Å². The fourth-order valence-corrected chi connectivity index (χ4v) is 7.45. The molecule has 255 valence electrons. The van der Waals surface area contributed by atoms with Crippen LogP contribution in [0.4, 0.5) is 15.9 Å². The van der Waals surface area contributed by atoms with Crippen molar-refractivity contribution in [1.29, 1.82) is 0 Å². The van der Waals surface area contributed by atoms with Gasteiger partial charge in [0, 0.05) is 48.6 Å². The van der Waals surface area contributed by atoms with Crippen LogP contribution in [0.2, 0.25) is 0 Å². The van der Waals surface area contributed by atoms with E-state index in [9.17, 15) is 19.2 Å². The minimum absolute atomic E-state index is 0.115. The maximum absolute atomic E-state index is 13.3. The second-order valence-electron chi connectivity index (χ2n) is 12.6. The maximum atomic E-state index is 13.3. The number of aromatic nitrogens is 3. The Morgan fingerprint density at radius 2 is 1.66 bits per heavy atom. The van der Waals surface area contributed by atoms with Crippen molar-refractivity contribution in [2.24, 2.45) is 5.41 Å². The van der Waals surface area contributed by atoms with E-state index in [-0.39, 0.29) is 12.6 Å². The molecule has 0 saturated carbocycles. The second-order valence-corrected chi connectivity index (χ2v) is 13.6. The lowest BCUT2D eigenvalue weighted by molar-refractivity contribution is -0.0782. The van der Waals surface area contributed by atoms with E-state index in [0.29, 0.717) is 79.1 Å². The van der Waals surface area contributed by atoms with Crippen molar-refractivity contribution in [3.63, 3.8) is 0 Å². The molecule has 2 aromatic heterocycles. The number of fused-ring (bicyclic) bond motifs is 2. The monoisotopic (exact) mass is 691 g/mol. The van der Waals surface area contributed by atoms with Gasteiger partial charge in [-0.3, -0.25) is 24.2 Å². The Kier molecular flexibility index (Phi) is 9.04. The Hall–Kier alpha value is -5.23. The van der Waals surface area contributed by atoms with Crippen LogP contribution < -0.4 is 9.80 Å². The Bertz CT molecular complexity index is 2010. The van der Waals surface area contributed by atoms with Crippen molar-refractivity contribution < 1.29 is 24.0 Å². The van der Waals surface area contributed by atoms with E-state index >= 15 is 0 Å². The first-order valence-electron chi connectivity index (χ1n) is 16.5. The summed E-state index contributed by atoms with van der Waals surface area (Å²) in [4.78, 5) is 77.7. The molecular formula is C36H35N8O5S. The molecule has 3 aliphatic heterocycles. The van der Waals surface area contributed by atoms with Gasteiger partial charge in [0.25, 0.3) is 11.8 Å². The maximum Gasteiger partial charge on any atom is 0.328 e. The van der Waals surface area contributed by atoms with Crippen LogP contribution in [0.5, 0.6) is 0 Å². The average Bonchev–Trinajstić information content (AvgIpc) is 3.69. The number of thiazole rings is 1. The van der Waals surface area contributed by atoms with Gasteiger partial charge in [-0.15, -0.1) is 5.06 Å². The summed E-state index contributed by atoms with van der Waals surface area (Å²) in [5, 5.41) is 1.29. The zero-order valence-corrected chi connectivity index (χ0v) is 28.8. The molecule has 0 unspecified atom stereocenters. The van der Waals surface area contributed by atoms with Gasteiger partial charge in [0.05, 0.1) is 34.7 Å². The lowest BCUT2D eigenvalue weighted by atomic mass is 9.78. The van der Waals surface area contributed by atoms with E-state index in [1.807, 2.05) is 37.9 Å². The molecule has 14 heteroatoms. The van der Waals surface area contributed by atoms with E-state index < -0.39 is 17.2 Å². The number of imide groups is 1. The Morgan fingerprint density at radius 3 is 2.30 bits per heavy atom. The van der Waals surface area contributed by atoms with Gasteiger partial charge in [0.1, 0.15) is 6.61 Å². The number of amides is 4. The van der Waals surface area contributed by atoms with Crippen LogP contribution in [-0.4, -0.2) is 101 Å². The first-order valence-corrected chi connectivity index (χ1v) is 17.3. The van der Waals surface area contributed by atoms with E-state index in [0.717, 1.165) is 27.3 Å². The highest BCUT2D eigenvalue weighted by molar-refractivity contribution is 7.22. The predicted octanol–water partition coefficient (Wildman–Crippen LogP) is 4.55. The topological polar surface area (TPSA) is 132 Å². The first-order chi connectivity index (χ1) is 24.2. The standard InChI is InChI=1S/C36H35N8O5S/c1-4-36(21-45)12-14-42(15-13-36)33-37-19-26(20-38-33)25-17-24(9-8-16-49-44-31(46)27-10-6-7-11-28(27)32(44)47)30-29(18-25)39-34(50-30)43-23-40(3)22-41(5-2)35(43)48/h6-7,10-11,17-20H,4-5,12-16,22-23H2,1-3H3. The molecule has 0 bridgehead atoms. The third-order valence-corrected chi connectivity index (χ3v) is 10.6. The molecule has 2 aromatic carbocycles. The Labute approximate surface area is 293 Å². The van der Waals surface area contributed by atoms with Gasteiger partial charge in [-0.05, 0) is 63.1 Å². The molecule has 4 amide bonds. The molecule has 50 heavy (non-hydrogen) atoms. The number of rotatable bonds is 8. The Balaban J connectivity index is 1.18. The zero-order chi connectivity index (χ0) is 35.0. The summed E-state index contributed by atoms with van der Waals surface area (Å²) in [7, 11) is 1.95. The van der Waals surface area contributed by atoms with Gasteiger partial charge in [-0.1, -0.05) is 42.2 Å². The fraction of sp³-hybridized carbons (Fsp3) is 0.361.